The van der Waals surface area contributed by atoms with E-state index in [0.717, 1.165) is 0 Å². The standard InChI is InChI=1S/C18H15ClN2O4/c19-13-5-7-14(8-6-13)25-11-17(22)24-10-9-21-12-20-16-4-2-1-3-15(16)18(21)23/h1-8,12H,9-11H2. The van der Waals surface area contributed by atoms with Gasteiger partial charge in [-0.3, -0.25) is 9.36 Å². The van der Waals surface area contributed by atoms with E-state index in [1.807, 2.05) is 6.07 Å². The van der Waals surface area contributed by atoms with Crippen molar-refractivity contribution in [1.82, 2.24) is 9.55 Å². The van der Waals surface area contributed by atoms with E-state index in [9.17, 15) is 9.59 Å². The number of hydrogen-bond donors (Lipinski definition) is 0. The molecule has 0 aliphatic heterocycles. The van der Waals surface area contributed by atoms with Crippen LogP contribution in [0.5, 0.6) is 5.75 Å². The lowest BCUT2D eigenvalue weighted by Crippen LogP contribution is -2.24. The molecule has 0 spiro atoms. The molecule has 128 valence electrons. The average molecular weight is 359 g/mol. The summed E-state index contributed by atoms with van der Waals surface area (Å²) in [5.41, 5.74) is 0.469. The molecule has 0 bridgehead atoms. The van der Waals surface area contributed by atoms with Gasteiger partial charge in [0.25, 0.3) is 5.56 Å². The number of fused-ring (bicyclic) bond motifs is 1. The quantitative estimate of drug-likeness (QED) is 0.633. The van der Waals surface area contributed by atoms with Crippen LogP contribution in [0.3, 0.4) is 0 Å². The van der Waals surface area contributed by atoms with E-state index >= 15 is 0 Å². The minimum absolute atomic E-state index is 0.0583. The second-order valence-corrected chi connectivity index (χ2v) is 5.66. The van der Waals surface area contributed by atoms with Gasteiger partial charge in [0, 0.05) is 5.02 Å². The Hall–Kier alpha value is -2.86. The Morgan fingerprint density at radius 2 is 1.88 bits per heavy atom. The minimum atomic E-state index is -0.517. The fourth-order valence-electron chi connectivity index (χ4n) is 2.24. The third-order valence-corrected chi connectivity index (χ3v) is 3.75. The largest absolute Gasteiger partial charge is 0.482 e. The molecule has 0 aliphatic rings. The number of esters is 1. The number of hydrogen-bond acceptors (Lipinski definition) is 5. The number of rotatable bonds is 6. The second kappa shape index (κ2) is 7.81. The maximum Gasteiger partial charge on any atom is 0.344 e. The number of carbonyl (C=O) groups is 1. The first kappa shape index (κ1) is 17.0. The summed E-state index contributed by atoms with van der Waals surface area (Å²) in [7, 11) is 0. The molecule has 0 unspecified atom stereocenters. The van der Waals surface area contributed by atoms with Crippen LogP contribution in [0, 0.1) is 0 Å². The first-order valence-corrected chi connectivity index (χ1v) is 7.99. The van der Waals surface area contributed by atoms with Crippen LogP contribution < -0.4 is 10.3 Å². The third-order valence-electron chi connectivity index (χ3n) is 3.50. The fraction of sp³-hybridized carbons (Fsp3) is 0.167. The topological polar surface area (TPSA) is 70.4 Å². The molecule has 25 heavy (non-hydrogen) atoms. The molecule has 0 atom stereocenters. The molecule has 0 fully saturated rings. The zero-order valence-corrected chi connectivity index (χ0v) is 14.0. The van der Waals surface area contributed by atoms with Gasteiger partial charge in [0.05, 0.1) is 23.8 Å². The Bertz CT molecular complexity index is 938. The summed E-state index contributed by atoms with van der Waals surface area (Å²) in [4.78, 5) is 28.2. The van der Waals surface area contributed by atoms with Gasteiger partial charge in [-0.1, -0.05) is 23.7 Å². The summed E-state index contributed by atoms with van der Waals surface area (Å²) in [6.45, 7) is 0.0680. The number of ether oxygens (including phenoxy) is 2. The zero-order chi connectivity index (χ0) is 17.6. The van der Waals surface area contributed by atoms with Crippen LogP contribution in [0.4, 0.5) is 0 Å². The van der Waals surface area contributed by atoms with Crippen LogP contribution >= 0.6 is 11.6 Å². The van der Waals surface area contributed by atoms with E-state index in [1.165, 1.54) is 10.9 Å². The Balaban J connectivity index is 1.51. The minimum Gasteiger partial charge on any atom is -0.482 e. The number of halogens is 1. The molecule has 1 aromatic heterocycles. The van der Waals surface area contributed by atoms with Gasteiger partial charge >= 0.3 is 5.97 Å². The van der Waals surface area contributed by atoms with Gasteiger partial charge in [-0.25, -0.2) is 9.78 Å². The fourth-order valence-corrected chi connectivity index (χ4v) is 2.36. The summed E-state index contributed by atoms with van der Waals surface area (Å²) in [5, 5.41) is 1.12. The van der Waals surface area contributed by atoms with Crippen molar-refractivity contribution < 1.29 is 14.3 Å². The number of carbonyl (C=O) groups excluding carboxylic acids is 1. The van der Waals surface area contributed by atoms with Gasteiger partial charge in [-0.2, -0.15) is 0 Å². The lowest BCUT2D eigenvalue weighted by Gasteiger charge is -2.09. The molecular weight excluding hydrogens is 344 g/mol. The molecule has 0 aliphatic carbocycles. The highest BCUT2D eigenvalue weighted by atomic mass is 35.5. The zero-order valence-electron chi connectivity index (χ0n) is 13.2. The molecule has 0 radical (unpaired) electrons. The first-order chi connectivity index (χ1) is 12.1. The van der Waals surface area contributed by atoms with Crippen molar-refractivity contribution in [2.24, 2.45) is 0 Å². The molecule has 0 amide bonds. The maximum atomic E-state index is 12.3. The van der Waals surface area contributed by atoms with E-state index in [1.54, 1.807) is 42.5 Å². The molecule has 2 aromatic carbocycles. The van der Waals surface area contributed by atoms with E-state index in [0.29, 0.717) is 21.7 Å². The number of benzene rings is 2. The third kappa shape index (κ3) is 4.36. The smallest absolute Gasteiger partial charge is 0.344 e. The molecule has 3 rings (SSSR count). The molecule has 1 heterocycles. The number of para-hydroxylation sites is 1. The summed E-state index contributed by atoms with van der Waals surface area (Å²) < 4.78 is 11.8. The lowest BCUT2D eigenvalue weighted by molar-refractivity contribution is -0.146. The highest BCUT2D eigenvalue weighted by Crippen LogP contribution is 2.15. The molecule has 0 N–H and O–H groups in total. The highest BCUT2D eigenvalue weighted by Gasteiger charge is 2.07. The van der Waals surface area contributed by atoms with E-state index in [-0.39, 0.29) is 25.3 Å². The summed E-state index contributed by atoms with van der Waals surface area (Å²) in [6.07, 6.45) is 1.45. The lowest BCUT2D eigenvalue weighted by atomic mass is 10.2. The van der Waals surface area contributed by atoms with Crippen LogP contribution in [-0.2, 0) is 16.1 Å². The predicted molar refractivity (Wildman–Crippen MR) is 93.9 cm³/mol. The van der Waals surface area contributed by atoms with Crippen LogP contribution in [0.1, 0.15) is 0 Å². The molecule has 7 heteroatoms. The van der Waals surface area contributed by atoms with Gasteiger partial charge < -0.3 is 9.47 Å². The van der Waals surface area contributed by atoms with Gasteiger partial charge in [-0.15, -0.1) is 0 Å². The Morgan fingerprint density at radius 3 is 2.68 bits per heavy atom. The van der Waals surface area contributed by atoms with E-state index in [2.05, 4.69) is 4.98 Å². The second-order valence-electron chi connectivity index (χ2n) is 5.22. The molecule has 0 saturated carbocycles. The normalized spacial score (nSPS) is 10.6. The van der Waals surface area contributed by atoms with Crippen molar-refractivity contribution in [2.45, 2.75) is 6.54 Å². The van der Waals surface area contributed by atoms with E-state index < -0.39 is 5.97 Å². The van der Waals surface area contributed by atoms with Crippen molar-refractivity contribution in [3.8, 4) is 5.75 Å². The molecular formula is C18H15ClN2O4. The first-order valence-electron chi connectivity index (χ1n) is 7.61. The molecule has 0 saturated heterocycles. The van der Waals surface area contributed by atoms with Crippen molar-refractivity contribution in [3.63, 3.8) is 0 Å². The van der Waals surface area contributed by atoms with Crippen LogP contribution in [0.2, 0.25) is 5.02 Å². The van der Waals surface area contributed by atoms with Gasteiger partial charge in [0.1, 0.15) is 12.4 Å². The summed E-state index contributed by atoms with van der Waals surface area (Å²) in [5.74, 6) is 0.00745. The predicted octanol–water partition coefficient (Wildman–Crippen LogP) is 2.67. The van der Waals surface area contributed by atoms with E-state index in [4.69, 9.17) is 21.1 Å². The van der Waals surface area contributed by atoms with Crippen molar-refractivity contribution in [2.75, 3.05) is 13.2 Å². The number of aromatic nitrogens is 2. The molecule has 3 aromatic rings. The van der Waals surface area contributed by atoms with Gasteiger partial charge in [0.2, 0.25) is 0 Å². The van der Waals surface area contributed by atoms with Gasteiger partial charge in [-0.05, 0) is 36.4 Å². The van der Waals surface area contributed by atoms with Crippen molar-refractivity contribution >= 4 is 28.5 Å². The highest BCUT2D eigenvalue weighted by molar-refractivity contribution is 6.30. The molecule has 6 nitrogen and oxygen atoms in total. The Kier molecular flexibility index (Phi) is 5.30. The van der Waals surface area contributed by atoms with Crippen LogP contribution in [0.15, 0.2) is 59.7 Å². The van der Waals surface area contributed by atoms with Crippen molar-refractivity contribution in [1.29, 1.82) is 0 Å². The average Bonchev–Trinajstić information content (AvgIpc) is 2.63. The Labute approximate surface area is 148 Å². The van der Waals surface area contributed by atoms with Gasteiger partial charge in [0.15, 0.2) is 6.61 Å². The van der Waals surface area contributed by atoms with Crippen molar-refractivity contribution in [3.05, 3.63) is 70.2 Å². The number of nitrogens with zero attached hydrogens (tertiary/aromatic N) is 2. The van der Waals surface area contributed by atoms with Crippen LogP contribution in [0.25, 0.3) is 10.9 Å². The summed E-state index contributed by atoms with van der Waals surface area (Å²) >= 11 is 5.77. The Morgan fingerprint density at radius 1 is 1.12 bits per heavy atom. The maximum absolute atomic E-state index is 12.3. The van der Waals surface area contributed by atoms with Crippen LogP contribution in [-0.4, -0.2) is 28.7 Å². The summed E-state index contributed by atoms with van der Waals surface area (Å²) in [6, 6.07) is 13.8. The monoisotopic (exact) mass is 358 g/mol. The SMILES string of the molecule is O=C(COc1ccc(Cl)cc1)OCCn1cnc2ccccc2c1=O.